The molecule has 0 bridgehead atoms. The number of likely N-dealkylation sites (tertiary alicyclic amines) is 1. The molecule has 4 heterocycles. The average Bonchev–Trinajstić information content (AvgIpc) is 3.17. The maximum atomic E-state index is 12.8. The van der Waals surface area contributed by atoms with Gasteiger partial charge in [-0.2, -0.15) is 0 Å². The highest BCUT2D eigenvalue weighted by Gasteiger charge is 2.52. The van der Waals surface area contributed by atoms with Gasteiger partial charge in [0.2, 0.25) is 0 Å². The molecule has 0 aliphatic carbocycles. The van der Waals surface area contributed by atoms with E-state index in [0.29, 0.717) is 37.8 Å². The largest absolute Gasteiger partial charge is 0.381 e. The SMILES string of the molecule is Cc1cc(C(=O)N2CCC(N3C(=O)N(C)CC34CCOCC4)CC2)no1. The van der Waals surface area contributed by atoms with Crippen LogP contribution in [0, 0.1) is 6.92 Å². The summed E-state index contributed by atoms with van der Waals surface area (Å²) < 4.78 is 10.5. The van der Waals surface area contributed by atoms with Crippen LogP contribution in [0.15, 0.2) is 10.6 Å². The molecule has 142 valence electrons. The summed E-state index contributed by atoms with van der Waals surface area (Å²) in [5, 5.41) is 3.83. The molecule has 3 amide bonds. The first-order valence-electron chi connectivity index (χ1n) is 9.35. The number of aromatic nitrogens is 1. The molecule has 1 aromatic heterocycles. The molecule has 0 atom stereocenters. The van der Waals surface area contributed by atoms with Crippen molar-refractivity contribution in [1.29, 1.82) is 0 Å². The number of urea groups is 1. The molecule has 3 aliphatic rings. The van der Waals surface area contributed by atoms with Crippen molar-refractivity contribution in [2.24, 2.45) is 0 Å². The van der Waals surface area contributed by atoms with Crippen molar-refractivity contribution in [3.63, 3.8) is 0 Å². The van der Waals surface area contributed by atoms with Crippen LogP contribution in [-0.2, 0) is 4.74 Å². The van der Waals surface area contributed by atoms with E-state index in [4.69, 9.17) is 9.26 Å². The Kier molecular flexibility index (Phi) is 4.38. The van der Waals surface area contributed by atoms with Crippen LogP contribution in [0.1, 0.15) is 41.9 Å². The van der Waals surface area contributed by atoms with Crippen molar-refractivity contribution >= 4 is 11.9 Å². The van der Waals surface area contributed by atoms with E-state index >= 15 is 0 Å². The van der Waals surface area contributed by atoms with Gasteiger partial charge in [-0.3, -0.25) is 4.79 Å². The number of ether oxygens (including phenoxy) is 1. The molecule has 0 radical (unpaired) electrons. The van der Waals surface area contributed by atoms with Gasteiger partial charge in [0.15, 0.2) is 5.69 Å². The lowest BCUT2D eigenvalue weighted by molar-refractivity contribution is -0.0151. The fourth-order valence-corrected chi connectivity index (χ4v) is 4.62. The predicted molar refractivity (Wildman–Crippen MR) is 92.8 cm³/mol. The number of hydrogen-bond donors (Lipinski definition) is 0. The van der Waals surface area contributed by atoms with Crippen molar-refractivity contribution in [1.82, 2.24) is 19.9 Å². The molecule has 0 N–H and O–H groups in total. The molecular formula is C18H26N4O4. The van der Waals surface area contributed by atoms with E-state index in [1.807, 2.05) is 16.8 Å². The first-order chi connectivity index (χ1) is 12.5. The molecule has 4 rings (SSSR count). The molecule has 3 fully saturated rings. The zero-order valence-electron chi connectivity index (χ0n) is 15.4. The third-order valence-corrected chi connectivity index (χ3v) is 5.96. The number of aryl methyl sites for hydroxylation is 1. The molecule has 0 saturated carbocycles. The van der Waals surface area contributed by atoms with Crippen molar-refractivity contribution in [3.8, 4) is 0 Å². The lowest BCUT2D eigenvalue weighted by Crippen LogP contribution is -2.57. The summed E-state index contributed by atoms with van der Waals surface area (Å²) in [5.74, 6) is 0.543. The Morgan fingerprint density at radius 1 is 1.27 bits per heavy atom. The van der Waals surface area contributed by atoms with E-state index in [9.17, 15) is 9.59 Å². The summed E-state index contributed by atoms with van der Waals surface area (Å²) in [7, 11) is 1.88. The highest BCUT2D eigenvalue weighted by atomic mass is 16.5. The Hall–Kier alpha value is -2.09. The second-order valence-corrected chi connectivity index (χ2v) is 7.69. The minimum atomic E-state index is -0.107. The Labute approximate surface area is 153 Å². The molecule has 0 aromatic carbocycles. The molecule has 8 heteroatoms. The average molecular weight is 362 g/mol. The molecule has 8 nitrogen and oxygen atoms in total. The van der Waals surface area contributed by atoms with Gasteiger partial charge in [0.25, 0.3) is 5.91 Å². The van der Waals surface area contributed by atoms with Crippen molar-refractivity contribution in [2.75, 3.05) is 39.9 Å². The van der Waals surface area contributed by atoms with Gasteiger partial charge < -0.3 is 24.0 Å². The molecule has 1 spiro atoms. The number of rotatable bonds is 2. The van der Waals surface area contributed by atoms with Gasteiger partial charge in [0.1, 0.15) is 5.76 Å². The summed E-state index contributed by atoms with van der Waals surface area (Å²) in [5.41, 5.74) is 0.253. The van der Waals surface area contributed by atoms with Gasteiger partial charge in [-0.25, -0.2) is 4.79 Å². The van der Waals surface area contributed by atoms with E-state index in [1.165, 1.54) is 0 Å². The van der Waals surface area contributed by atoms with Crippen LogP contribution in [0.4, 0.5) is 4.79 Å². The van der Waals surface area contributed by atoms with Crippen LogP contribution in [-0.4, -0.2) is 83.3 Å². The van der Waals surface area contributed by atoms with Crippen LogP contribution in [0.5, 0.6) is 0 Å². The number of carbonyl (C=O) groups is 2. The smallest absolute Gasteiger partial charge is 0.320 e. The third-order valence-electron chi connectivity index (χ3n) is 5.96. The Morgan fingerprint density at radius 3 is 2.58 bits per heavy atom. The summed E-state index contributed by atoms with van der Waals surface area (Å²) in [6, 6.07) is 1.96. The van der Waals surface area contributed by atoms with Crippen LogP contribution >= 0.6 is 0 Å². The zero-order chi connectivity index (χ0) is 18.3. The highest BCUT2D eigenvalue weighted by molar-refractivity contribution is 5.92. The summed E-state index contributed by atoms with van der Waals surface area (Å²) in [4.78, 5) is 31.1. The minimum Gasteiger partial charge on any atom is -0.381 e. The Bertz CT molecular complexity index is 689. The number of hydrogen-bond acceptors (Lipinski definition) is 5. The van der Waals surface area contributed by atoms with Crippen molar-refractivity contribution in [2.45, 2.75) is 44.2 Å². The summed E-state index contributed by atoms with van der Waals surface area (Å²) in [6.45, 7) is 5.23. The zero-order valence-corrected chi connectivity index (χ0v) is 15.4. The van der Waals surface area contributed by atoms with E-state index < -0.39 is 0 Å². The number of carbonyl (C=O) groups excluding carboxylic acids is 2. The van der Waals surface area contributed by atoms with Crippen LogP contribution in [0.2, 0.25) is 0 Å². The number of amides is 3. The second kappa shape index (κ2) is 6.57. The maximum Gasteiger partial charge on any atom is 0.320 e. The predicted octanol–water partition coefficient (Wildman–Crippen LogP) is 1.50. The van der Waals surface area contributed by atoms with Crippen LogP contribution in [0.25, 0.3) is 0 Å². The van der Waals surface area contributed by atoms with Crippen molar-refractivity contribution in [3.05, 3.63) is 17.5 Å². The van der Waals surface area contributed by atoms with E-state index in [2.05, 4.69) is 10.1 Å². The minimum absolute atomic E-state index is 0.0917. The summed E-state index contributed by atoms with van der Waals surface area (Å²) >= 11 is 0. The molecule has 3 saturated heterocycles. The third kappa shape index (κ3) is 2.86. The van der Waals surface area contributed by atoms with Gasteiger partial charge in [-0.1, -0.05) is 5.16 Å². The molecule has 1 aromatic rings. The lowest BCUT2D eigenvalue weighted by Gasteiger charge is -2.46. The highest BCUT2D eigenvalue weighted by Crippen LogP contribution is 2.38. The number of nitrogens with zero attached hydrogens (tertiary/aromatic N) is 4. The Balaban J connectivity index is 1.45. The van der Waals surface area contributed by atoms with Gasteiger partial charge in [-0.15, -0.1) is 0 Å². The van der Waals surface area contributed by atoms with Gasteiger partial charge in [0, 0.05) is 52.0 Å². The van der Waals surface area contributed by atoms with E-state index in [1.54, 1.807) is 13.0 Å². The lowest BCUT2D eigenvalue weighted by atomic mass is 9.86. The normalized spacial score (nSPS) is 23.9. The van der Waals surface area contributed by atoms with Crippen LogP contribution < -0.4 is 0 Å². The molecule has 0 unspecified atom stereocenters. The van der Waals surface area contributed by atoms with Gasteiger partial charge >= 0.3 is 6.03 Å². The first-order valence-corrected chi connectivity index (χ1v) is 9.35. The van der Waals surface area contributed by atoms with Crippen LogP contribution in [0.3, 0.4) is 0 Å². The topological polar surface area (TPSA) is 79.1 Å². The summed E-state index contributed by atoms with van der Waals surface area (Å²) in [6.07, 6.45) is 3.37. The first kappa shape index (κ1) is 17.3. The fraction of sp³-hybridized carbons (Fsp3) is 0.722. The van der Waals surface area contributed by atoms with Crippen molar-refractivity contribution < 1.29 is 18.8 Å². The van der Waals surface area contributed by atoms with E-state index in [-0.39, 0.29) is 23.5 Å². The number of piperidine rings is 1. The van der Waals surface area contributed by atoms with Gasteiger partial charge in [0.05, 0.1) is 5.54 Å². The second-order valence-electron chi connectivity index (χ2n) is 7.69. The molecular weight excluding hydrogens is 336 g/mol. The molecule has 3 aliphatic heterocycles. The fourth-order valence-electron chi connectivity index (χ4n) is 4.62. The Morgan fingerprint density at radius 2 is 1.96 bits per heavy atom. The quantitative estimate of drug-likeness (QED) is 0.797. The number of likely N-dealkylation sites (N-methyl/N-ethyl adjacent to an activating group) is 1. The monoisotopic (exact) mass is 362 g/mol. The maximum absolute atomic E-state index is 12.8. The molecule has 26 heavy (non-hydrogen) atoms. The standard InChI is InChI=1S/C18H26N4O4/c1-13-11-15(19-26-13)16(23)21-7-3-14(4-8-21)22-17(24)20(2)12-18(22)5-9-25-10-6-18/h11,14H,3-10,12H2,1-2H3. The van der Waals surface area contributed by atoms with E-state index in [0.717, 1.165) is 32.2 Å². The van der Waals surface area contributed by atoms with Gasteiger partial charge in [-0.05, 0) is 32.6 Å².